The summed E-state index contributed by atoms with van der Waals surface area (Å²) in [6, 6.07) is 60.6. The standard InChI is InChI=1S/C46H37N4Si.Pt/c1-33(2)34-27-28-47-46(29-34)50-42-22-11-10-21-40(42)41-26-25-39(31-45(41)50)51(36-16-6-4-7-17-36,37-18-8-5-9-19-37)38-20-14-15-35(30-38)49-32-48(3)43-23-12-13-24-44(43)49;/h4-29,32-33H,1-3H3;/q-1;/i3D3;. The molecule has 0 aliphatic carbocycles. The first-order valence-electron chi connectivity index (χ1n) is 18.8. The number of pyridine rings is 1. The molecule has 0 aliphatic rings. The third-order valence-corrected chi connectivity index (χ3v) is 14.7. The van der Waals surface area contributed by atoms with Crippen LogP contribution in [0, 0.1) is 12.1 Å². The molecule has 0 unspecified atom stereocenters. The van der Waals surface area contributed by atoms with Gasteiger partial charge in [-0.2, -0.15) is 35.5 Å². The fourth-order valence-corrected chi connectivity index (χ4v) is 12.2. The van der Waals surface area contributed by atoms with Crippen LogP contribution in [-0.4, -0.2) is 26.8 Å². The molecule has 0 atom stereocenters. The SMILES string of the molecule is [2H]C([2H])([2H])n1[cH+]n(-c2[c-]c([Si](c3[c-]c4c(cc3)c3ccccc3n4-c3cc(C(C)C)ccn3)(c3ccccc3)c3ccccc3)ccc2)c2ccccc21.[Pt]. The van der Waals surface area contributed by atoms with Crippen molar-refractivity contribution in [3.8, 4) is 11.5 Å². The molecule has 0 fully saturated rings. The van der Waals surface area contributed by atoms with E-state index in [0.29, 0.717) is 11.4 Å². The molecular formula is C46H37N4PtSi-. The molecule has 0 saturated heterocycles. The Bertz CT molecular complexity index is 2770. The first kappa shape index (κ1) is 30.3. The molecule has 0 saturated carbocycles. The van der Waals surface area contributed by atoms with Crippen LogP contribution in [0.1, 0.15) is 29.4 Å². The predicted molar refractivity (Wildman–Crippen MR) is 214 cm³/mol. The Hall–Kier alpha value is -5.35. The topological polar surface area (TPSA) is 27.7 Å². The Balaban J connectivity index is 0.00000427. The summed E-state index contributed by atoms with van der Waals surface area (Å²) in [4.78, 5) is 4.92. The average Bonchev–Trinajstić information content (AvgIpc) is 3.76. The molecule has 9 rings (SSSR count). The zero-order valence-electron chi connectivity index (χ0n) is 31.8. The van der Waals surface area contributed by atoms with E-state index in [1.54, 1.807) is 6.33 Å². The molecular weight excluding hydrogens is 832 g/mol. The quantitative estimate of drug-likeness (QED) is 0.0913. The molecule has 0 N–H and O–H groups in total. The number of para-hydroxylation sites is 3. The minimum absolute atomic E-state index is 0. The van der Waals surface area contributed by atoms with Gasteiger partial charge in [-0.3, -0.25) is 0 Å². The molecule has 9 aromatic rings. The van der Waals surface area contributed by atoms with Crippen LogP contribution in [0.4, 0.5) is 0 Å². The molecule has 0 aliphatic heterocycles. The largest absolute Gasteiger partial charge is 0.319 e. The van der Waals surface area contributed by atoms with Crippen molar-refractivity contribution in [1.82, 2.24) is 18.7 Å². The number of benzene rings is 6. The fourth-order valence-electron chi connectivity index (χ4n) is 7.69. The molecule has 6 aromatic carbocycles. The van der Waals surface area contributed by atoms with Crippen LogP contribution < -0.4 is 20.7 Å². The Morgan fingerprint density at radius 1 is 0.654 bits per heavy atom. The molecule has 4 nitrogen and oxygen atoms in total. The zero-order chi connectivity index (χ0) is 37.0. The van der Waals surface area contributed by atoms with E-state index < -0.39 is 15.0 Å². The molecule has 256 valence electrons. The van der Waals surface area contributed by atoms with Gasteiger partial charge in [0.1, 0.15) is 13.9 Å². The Labute approximate surface area is 324 Å². The molecule has 52 heavy (non-hydrogen) atoms. The van der Waals surface area contributed by atoms with Gasteiger partial charge in [0, 0.05) is 61.7 Å². The van der Waals surface area contributed by atoms with E-state index in [1.165, 1.54) is 20.5 Å². The summed E-state index contributed by atoms with van der Waals surface area (Å²) < 4.78 is 30.5. The van der Waals surface area contributed by atoms with Crippen molar-refractivity contribution >= 4 is 61.7 Å². The smallest absolute Gasteiger partial charge is 0.188 e. The summed E-state index contributed by atoms with van der Waals surface area (Å²) in [5.41, 5.74) is 5.47. The van der Waals surface area contributed by atoms with E-state index in [0.717, 1.165) is 49.2 Å². The maximum absolute atomic E-state index is 8.30. The van der Waals surface area contributed by atoms with E-state index >= 15 is 0 Å². The van der Waals surface area contributed by atoms with Crippen molar-refractivity contribution in [1.29, 1.82) is 0 Å². The molecule has 0 amide bonds. The fraction of sp³-hybridized carbons (Fsp3) is 0.0870. The van der Waals surface area contributed by atoms with Crippen LogP contribution in [0.5, 0.6) is 0 Å². The van der Waals surface area contributed by atoms with Crippen LogP contribution in [0.15, 0.2) is 164 Å². The van der Waals surface area contributed by atoms with Gasteiger partial charge in [0.2, 0.25) is 0 Å². The van der Waals surface area contributed by atoms with Crippen LogP contribution in [-0.2, 0) is 28.0 Å². The minimum Gasteiger partial charge on any atom is -0.319 e. The molecule has 0 spiro atoms. The van der Waals surface area contributed by atoms with Gasteiger partial charge in [0.25, 0.3) is 0 Å². The van der Waals surface area contributed by atoms with E-state index in [2.05, 4.69) is 152 Å². The van der Waals surface area contributed by atoms with Crippen LogP contribution >= 0.6 is 0 Å². The molecule has 3 heterocycles. The first-order chi connectivity index (χ1) is 26.2. The van der Waals surface area contributed by atoms with E-state index in [9.17, 15) is 0 Å². The summed E-state index contributed by atoms with van der Waals surface area (Å²) in [6.45, 7) is 2.07. The number of aromatic nitrogens is 4. The summed E-state index contributed by atoms with van der Waals surface area (Å²) in [5, 5.41) is 6.76. The zero-order valence-corrected chi connectivity index (χ0v) is 32.0. The number of imidazole rings is 1. The third kappa shape index (κ3) is 5.39. The van der Waals surface area contributed by atoms with E-state index in [1.807, 2.05) is 41.1 Å². The van der Waals surface area contributed by atoms with Gasteiger partial charge in [0.15, 0.2) is 17.4 Å². The van der Waals surface area contributed by atoms with Gasteiger partial charge >= 0.3 is 0 Å². The van der Waals surface area contributed by atoms with Crippen molar-refractivity contribution in [2.75, 3.05) is 0 Å². The molecule has 6 heteroatoms. The van der Waals surface area contributed by atoms with Crippen LogP contribution in [0.3, 0.4) is 0 Å². The van der Waals surface area contributed by atoms with Gasteiger partial charge in [-0.05, 0) is 57.6 Å². The monoisotopic (exact) mass is 871 g/mol. The second-order valence-electron chi connectivity index (χ2n) is 13.4. The van der Waals surface area contributed by atoms with Crippen molar-refractivity contribution in [2.24, 2.45) is 6.98 Å². The first-order valence-corrected chi connectivity index (χ1v) is 19.3. The van der Waals surface area contributed by atoms with Crippen LogP contribution in [0.25, 0.3) is 44.3 Å². The summed E-state index contributed by atoms with van der Waals surface area (Å²) >= 11 is 0. The summed E-state index contributed by atoms with van der Waals surface area (Å²) in [5.74, 6) is 1.22. The maximum atomic E-state index is 8.30. The van der Waals surface area contributed by atoms with Crippen molar-refractivity contribution in [3.63, 3.8) is 0 Å². The Morgan fingerprint density at radius 2 is 1.31 bits per heavy atom. The van der Waals surface area contributed by atoms with Gasteiger partial charge in [-0.1, -0.05) is 98.2 Å². The van der Waals surface area contributed by atoms with Gasteiger partial charge < -0.3 is 4.57 Å². The molecule has 0 bridgehead atoms. The van der Waals surface area contributed by atoms with Gasteiger partial charge in [-0.25, -0.2) is 14.1 Å². The number of hydrogen-bond acceptors (Lipinski definition) is 1. The second-order valence-corrected chi connectivity index (χ2v) is 17.1. The number of fused-ring (bicyclic) bond motifs is 4. The maximum Gasteiger partial charge on any atom is 0.188 e. The van der Waals surface area contributed by atoms with Gasteiger partial charge in [-0.15, -0.1) is 22.7 Å². The van der Waals surface area contributed by atoms with Crippen LogP contribution in [0.2, 0.25) is 0 Å². The van der Waals surface area contributed by atoms with Crippen molar-refractivity contribution in [2.45, 2.75) is 19.8 Å². The Kier molecular flexibility index (Phi) is 7.95. The number of nitrogens with zero attached hydrogens (tertiary/aromatic N) is 4. The minimum atomic E-state index is -3.16. The normalized spacial score (nSPS) is 12.9. The number of rotatable bonds is 7. The molecule has 0 radical (unpaired) electrons. The molecule has 3 aromatic heterocycles. The second kappa shape index (κ2) is 13.6. The Morgan fingerprint density at radius 3 is 2.02 bits per heavy atom. The number of aryl methyl sites for hydroxylation is 1. The van der Waals surface area contributed by atoms with Crippen molar-refractivity contribution in [3.05, 3.63) is 182 Å². The summed E-state index contributed by atoms with van der Waals surface area (Å²) in [7, 11) is -3.16. The van der Waals surface area contributed by atoms with Crippen molar-refractivity contribution < 1.29 is 25.2 Å². The summed E-state index contributed by atoms with van der Waals surface area (Å²) in [6.07, 6.45) is 3.58. The van der Waals surface area contributed by atoms with Gasteiger partial charge in [0.05, 0.1) is 0 Å². The number of hydrogen-bond donors (Lipinski definition) is 0. The third-order valence-electron chi connectivity index (χ3n) is 10.1. The average molecular weight is 872 g/mol. The predicted octanol–water partition coefficient (Wildman–Crippen LogP) is 7.84. The van der Waals surface area contributed by atoms with E-state index in [4.69, 9.17) is 9.10 Å². The van der Waals surface area contributed by atoms with E-state index in [-0.39, 0.29) is 21.1 Å².